The summed E-state index contributed by atoms with van der Waals surface area (Å²) in [6, 6.07) is 9.13. The summed E-state index contributed by atoms with van der Waals surface area (Å²) >= 11 is 0. The summed E-state index contributed by atoms with van der Waals surface area (Å²) in [5, 5.41) is 12.0. The van der Waals surface area contributed by atoms with Gasteiger partial charge in [0.1, 0.15) is 11.4 Å². The minimum atomic E-state index is -0.957. The molecule has 1 aliphatic rings. The van der Waals surface area contributed by atoms with Gasteiger partial charge in [-0.3, -0.25) is 0 Å². The fraction of sp³-hybridized carbons (Fsp3) is 0.400. The maximum atomic E-state index is 11.9. The minimum absolute atomic E-state index is 0.359. The van der Waals surface area contributed by atoms with Gasteiger partial charge in [0, 0.05) is 0 Å². The summed E-state index contributed by atoms with van der Waals surface area (Å²) in [7, 11) is 0. The SMILES string of the molecule is O=c1oc(C2(O)CCCCC2)cc2ccccc12. The van der Waals surface area contributed by atoms with Gasteiger partial charge in [-0.1, -0.05) is 37.5 Å². The van der Waals surface area contributed by atoms with Gasteiger partial charge in [0.05, 0.1) is 5.39 Å². The van der Waals surface area contributed by atoms with E-state index >= 15 is 0 Å². The van der Waals surface area contributed by atoms with Crippen molar-refractivity contribution in [2.24, 2.45) is 0 Å². The molecule has 0 amide bonds. The van der Waals surface area contributed by atoms with Crippen molar-refractivity contribution < 1.29 is 9.52 Å². The number of hydrogen-bond acceptors (Lipinski definition) is 3. The summed E-state index contributed by atoms with van der Waals surface area (Å²) in [4.78, 5) is 11.9. The van der Waals surface area contributed by atoms with Crippen LogP contribution in [0.3, 0.4) is 0 Å². The molecule has 3 nitrogen and oxygen atoms in total. The predicted molar refractivity (Wildman–Crippen MR) is 69.5 cm³/mol. The molecule has 0 saturated heterocycles. The molecule has 1 heterocycles. The molecule has 0 radical (unpaired) electrons. The van der Waals surface area contributed by atoms with Gasteiger partial charge in [-0.15, -0.1) is 0 Å². The van der Waals surface area contributed by atoms with Crippen LogP contribution in [0.15, 0.2) is 39.5 Å². The molecule has 0 spiro atoms. The molecule has 94 valence electrons. The van der Waals surface area contributed by atoms with Crippen LogP contribution in [0.5, 0.6) is 0 Å². The van der Waals surface area contributed by atoms with E-state index in [0.29, 0.717) is 24.0 Å². The standard InChI is InChI=1S/C15H16O3/c16-14-12-7-3-2-6-11(12)10-13(18-14)15(17)8-4-1-5-9-15/h2-3,6-7,10,17H,1,4-5,8-9H2. The van der Waals surface area contributed by atoms with E-state index in [1.54, 1.807) is 6.07 Å². The van der Waals surface area contributed by atoms with Crippen LogP contribution >= 0.6 is 0 Å². The average Bonchev–Trinajstić information content (AvgIpc) is 2.39. The summed E-state index contributed by atoms with van der Waals surface area (Å²) in [5.74, 6) is 0.422. The molecule has 2 aromatic rings. The summed E-state index contributed by atoms with van der Waals surface area (Å²) in [6.07, 6.45) is 4.45. The van der Waals surface area contributed by atoms with Crippen molar-refractivity contribution >= 4 is 10.8 Å². The monoisotopic (exact) mass is 244 g/mol. The maximum absolute atomic E-state index is 11.9. The van der Waals surface area contributed by atoms with Gasteiger partial charge < -0.3 is 9.52 Å². The second-order valence-corrected chi connectivity index (χ2v) is 5.08. The number of benzene rings is 1. The summed E-state index contributed by atoms with van der Waals surface area (Å²) < 4.78 is 5.33. The van der Waals surface area contributed by atoms with E-state index in [1.807, 2.05) is 24.3 Å². The fourth-order valence-electron chi connectivity index (χ4n) is 2.75. The first-order valence-electron chi connectivity index (χ1n) is 6.45. The van der Waals surface area contributed by atoms with Crippen LogP contribution in [0.2, 0.25) is 0 Å². The minimum Gasteiger partial charge on any atom is -0.424 e. The molecule has 0 atom stereocenters. The number of hydrogen-bond donors (Lipinski definition) is 1. The van der Waals surface area contributed by atoms with Crippen molar-refractivity contribution in [3.8, 4) is 0 Å². The first-order valence-corrected chi connectivity index (χ1v) is 6.45. The Morgan fingerprint density at radius 2 is 1.83 bits per heavy atom. The first-order chi connectivity index (χ1) is 8.69. The van der Waals surface area contributed by atoms with Gasteiger partial charge in [-0.05, 0) is 30.4 Å². The lowest BCUT2D eigenvalue weighted by Gasteiger charge is -2.30. The quantitative estimate of drug-likeness (QED) is 0.839. The van der Waals surface area contributed by atoms with Gasteiger partial charge in [0.25, 0.3) is 0 Å². The molecule has 1 aliphatic carbocycles. The van der Waals surface area contributed by atoms with Gasteiger partial charge in [-0.25, -0.2) is 4.79 Å². The number of fused-ring (bicyclic) bond motifs is 1. The topological polar surface area (TPSA) is 50.4 Å². The zero-order valence-corrected chi connectivity index (χ0v) is 10.2. The van der Waals surface area contributed by atoms with Gasteiger partial charge in [-0.2, -0.15) is 0 Å². The third-order valence-corrected chi connectivity index (χ3v) is 3.81. The molecule has 1 aromatic carbocycles. The van der Waals surface area contributed by atoms with Crippen molar-refractivity contribution in [1.82, 2.24) is 0 Å². The second-order valence-electron chi connectivity index (χ2n) is 5.08. The lowest BCUT2D eigenvalue weighted by atomic mass is 9.82. The molecule has 0 aliphatic heterocycles. The van der Waals surface area contributed by atoms with Gasteiger partial charge in [0.2, 0.25) is 0 Å². The number of aliphatic hydroxyl groups is 1. The van der Waals surface area contributed by atoms with Crippen molar-refractivity contribution in [3.63, 3.8) is 0 Å². The normalized spacial score (nSPS) is 18.9. The highest BCUT2D eigenvalue weighted by Gasteiger charge is 2.34. The Morgan fingerprint density at radius 3 is 2.61 bits per heavy atom. The maximum Gasteiger partial charge on any atom is 0.343 e. The van der Waals surface area contributed by atoms with Crippen LogP contribution in [0, 0.1) is 0 Å². The Balaban J connectivity index is 2.15. The molecule has 3 rings (SSSR count). The molecular formula is C15H16O3. The molecule has 0 unspecified atom stereocenters. The van der Waals surface area contributed by atoms with Crippen LogP contribution in [-0.2, 0) is 5.60 Å². The third-order valence-electron chi connectivity index (χ3n) is 3.81. The predicted octanol–water partition coefficient (Wildman–Crippen LogP) is 2.94. The highest BCUT2D eigenvalue weighted by molar-refractivity contribution is 5.81. The molecule has 18 heavy (non-hydrogen) atoms. The van der Waals surface area contributed by atoms with E-state index in [0.717, 1.165) is 24.6 Å². The van der Waals surface area contributed by atoms with Crippen LogP contribution < -0.4 is 5.63 Å². The van der Waals surface area contributed by atoms with E-state index in [-0.39, 0.29) is 5.63 Å². The van der Waals surface area contributed by atoms with E-state index in [4.69, 9.17) is 4.42 Å². The first kappa shape index (κ1) is 11.5. The molecule has 1 fully saturated rings. The van der Waals surface area contributed by atoms with Crippen molar-refractivity contribution in [3.05, 3.63) is 46.5 Å². The Bertz CT molecular complexity index is 621. The average molecular weight is 244 g/mol. The fourth-order valence-corrected chi connectivity index (χ4v) is 2.75. The lowest BCUT2D eigenvalue weighted by molar-refractivity contribution is -0.0219. The van der Waals surface area contributed by atoms with Crippen LogP contribution in [-0.4, -0.2) is 5.11 Å². The van der Waals surface area contributed by atoms with Crippen molar-refractivity contribution in [2.45, 2.75) is 37.7 Å². The lowest BCUT2D eigenvalue weighted by Crippen LogP contribution is -2.29. The van der Waals surface area contributed by atoms with Crippen LogP contribution in [0.4, 0.5) is 0 Å². The Labute approximate surface area is 105 Å². The van der Waals surface area contributed by atoms with E-state index in [9.17, 15) is 9.90 Å². The zero-order valence-electron chi connectivity index (χ0n) is 10.2. The summed E-state index contributed by atoms with van der Waals surface area (Å²) in [5.41, 5.74) is -1.32. The van der Waals surface area contributed by atoms with E-state index in [1.165, 1.54) is 0 Å². The molecule has 0 bridgehead atoms. The Kier molecular flexibility index (Phi) is 2.71. The molecule has 1 N–H and O–H groups in total. The van der Waals surface area contributed by atoms with Crippen LogP contribution in [0.1, 0.15) is 37.9 Å². The van der Waals surface area contributed by atoms with Crippen molar-refractivity contribution in [1.29, 1.82) is 0 Å². The highest BCUT2D eigenvalue weighted by Crippen LogP contribution is 2.37. The highest BCUT2D eigenvalue weighted by atomic mass is 16.4. The third kappa shape index (κ3) is 1.85. The number of rotatable bonds is 1. The van der Waals surface area contributed by atoms with E-state index in [2.05, 4.69) is 0 Å². The molecule has 1 saturated carbocycles. The van der Waals surface area contributed by atoms with Crippen LogP contribution in [0.25, 0.3) is 10.8 Å². The zero-order chi connectivity index (χ0) is 12.6. The molecule has 1 aromatic heterocycles. The smallest absolute Gasteiger partial charge is 0.343 e. The Morgan fingerprint density at radius 1 is 1.11 bits per heavy atom. The van der Waals surface area contributed by atoms with Gasteiger partial charge >= 0.3 is 5.63 Å². The summed E-state index contributed by atoms with van der Waals surface area (Å²) in [6.45, 7) is 0. The van der Waals surface area contributed by atoms with E-state index < -0.39 is 5.60 Å². The molecular weight excluding hydrogens is 228 g/mol. The Hall–Kier alpha value is -1.61. The van der Waals surface area contributed by atoms with Crippen molar-refractivity contribution in [2.75, 3.05) is 0 Å². The second kappa shape index (κ2) is 4.25. The van der Waals surface area contributed by atoms with Gasteiger partial charge in [0.15, 0.2) is 0 Å². The molecule has 3 heteroatoms. The largest absolute Gasteiger partial charge is 0.424 e.